The van der Waals surface area contributed by atoms with Crippen LogP contribution >= 0.6 is 11.6 Å². The van der Waals surface area contributed by atoms with E-state index in [1.54, 1.807) is 28.0 Å². The van der Waals surface area contributed by atoms with E-state index in [9.17, 15) is 14.0 Å². The Balaban J connectivity index is 1.32. The van der Waals surface area contributed by atoms with Crippen molar-refractivity contribution < 1.29 is 23.5 Å². The van der Waals surface area contributed by atoms with Gasteiger partial charge in [0, 0.05) is 26.2 Å². The molecule has 3 aromatic carbocycles. The number of carbonyl (C=O) groups excluding carboxylic acids is 2. The maximum atomic E-state index is 13.3. The highest BCUT2D eigenvalue weighted by Crippen LogP contribution is 2.23. The number of hydrogen-bond donors (Lipinski definition) is 0. The molecular formula is C26H24ClFN2O4. The van der Waals surface area contributed by atoms with Gasteiger partial charge in [0.05, 0.1) is 16.1 Å². The second kappa shape index (κ2) is 11.0. The van der Waals surface area contributed by atoms with E-state index in [1.165, 1.54) is 12.1 Å². The molecule has 0 saturated carbocycles. The van der Waals surface area contributed by atoms with Gasteiger partial charge in [-0.05, 0) is 42.5 Å². The van der Waals surface area contributed by atoms with Gasteiger partial charge in [-0.25, -0.2) is 4.39 Å². The molecule has 0 N–H and O–H groups in total. The first kappa shape index (κ1) is 23.6. The monoisotopic (exact) mass is 482 g/mol. The number of halogens is 2. The van der Waals surface area contributed by atoms with Gasteiger partial charge in [0.15, 0.2) is 0 Å². The standard InChI is InChI=1S/C26H24ClFN2O4/c27-23-18-19(28)10-11-21(23)25(31)29-12-14-30(15-13-29)26(32)22-8-4-5-9-24(22)34-17-16-33-20-6-2-1-3-7-20/h1-11,18H,12-17H2. The van der Waals surface area contributed by atoms with E-state index in [-0.39, 0.29) is 22.4 Å². The Kier molecular flexibility index (Phi) is 7.65. The number of amides is 2. The van der Waals surface area contributed by atoms with Crippen LogP contribution in [-0.4, -0.2) is 61.0 Å². The summed E-state index contributed by atoms with van der Waals surface area (Å²) in [6.45, 7) is 2.08. The summed E-state index contributed by atoms with van der Waals surface area (Å²) < 4.78 is 24.8. The SMILES string of the molecule is O=C(c1ccc(F)cc1Cl)N1CCN(C(=O)c2ccccc2OCCOc2ccccc2)CC1. The van der Waals surface area contributed by atoms with Gasteiger partial charge < -0.3 is 19.3 Å². The van der Waals surface area contributed by atoms with Crippen molar-refractivity contribution in [3.05, 3.63) is 94.8 Å². The largest absolute Gasteiger partial charge is 0.490 e. The molecule has 0 radical (unpaired) electrons. The molecule has 0 aliphatic carbocycles. The minimum Gasteiger partial charge on any atom is -0.490 e. The zero-order valence-corrected chi connectivity index (χ0v) is 19.2. The Hall–Kier alpha value is -3.58. The van der Waals surface area contributed by atoms with Gasteiger partial charge in [-0.2, -0.15) is 0 Å². The number of ether oxygens (including phenoxy) is 2. The molecule has 1 heterocycles. The first-order valence-electron chi connectivity index (χ1n) is 11.0. The highest BCUT2D eigenvalue weighted by atomic mass is 35.5. The van der Waals surface area contributed by atoms with Crippen LogP contribution < -0.4 is 9.47 Å². The maximum Gasteiger partial charge on any atom is 0.257 e. The smallest absolute Gasteiger partial charge is 0.257 e. The summed E-state index contributed by atoms with van der Waals surface area (Å²) in [5, 5.41) is 0.0748. The van der Waals surface area contributed by atoms with Crippen molar-refractivity contribution in [2.75, 3.05) is 39.4 Å². The van der Waals surface area contributed by atoms with E-state index >= 15 is 0 Å². The van der Waals surface area contributed by atoms with Crippen LogP contribution in [0, 0.1) is 5.82 Å². The third-order valence-electron chi connectivity index (χ3n) is 5.49. The fourth-order valence-corrected chi connectivity index (χ4v) is 3.96. The molecule has 0 bridgehead atoms. The molecule has 0 atom stereocenters. The lowest BCUT2D eigenvalue weighted by Crippen LogP contribution is -2.50. The van der Waals surface area contributed by atoms with E-state index in [0.29, 0.717) is 50.7 Å². The molecule has 176 valence electrons. The van der Waals surface area contributed by atoms with Gasteiger partial charge in [0.1, 0.15) is 30.5 Å². The van der Waals surface area contributed by atoms with Crippen LogP contribution in [0.2, 0.25) is 5.02 Å². The van der Waals surface area contributed by atoms with Gasteiger partial charge in [-0.3, -0.25) is 9.59 Å². The van der Waals surface area contributed by atoms with Crippen molar-refractivity contribution in [3.63, 3.8) is 0 Å². The number of para-hydroxylation sites is 2. The summed E-state index contributed by atoms with van der Waals surface area (Å²) >= 11 is 6.03. The van der Waals surface area contributed by atoms with E-state index in [0.717, 1.165) is 11.8 Å². The topological polar surface area (TPSA) is 59.1 Å². The summed E-state index contributed by atoms with van der Waals surface area (Å²) in [7, 11) is 0. The third kappa shape index (κ3) is 5.66. The van der Waals surface area contributed by atoms with Crippen LogP contribution in [0.5, 0.6) is 11.5 Å². The highest BCUT2D eigenvalue weighted by Gasteiger charge is 2.27. The van der Waals surface area contributed by atoms with Crippen LogP contribution in [0.3, 0.4) is 0 Å². The van der Waals surface area contributed by atoms with Crippen LogP contribution in [0.25, 0.3) is 0 Å². The highest BCUT2D eigenvalue weighted by molar-refractivity contribution is 6.33. The lowest BCUT2D eigenvalue weighted by molar-refractivity contribution is 0.0532. The average molecular weight is 483 g/mol. The summed E-state index contributed by atoms with van der Waals surface area (Å²) in [5.74, 6) is 0.306. The van der Waals surface area contributed by atoms with E-state index in [1.807, 2.05) is 36.4 Å². The Morgan fingerprint density at radius 3 is 2.03 bits per heavy atom. The van der Waals surface area contributed by atoms with Crippen molar-refractivity contribution in [1.82, 2.24) is 9.80 Å². The Morgan fingerprint density at radius 2 is 1.35 bits per heavy atom. The molecule has 8 heteroatoms. The zero-order valence-electron chi connectivity index (χ0n) is 18.5. The Bertz CT molecular complexity index is 1150. The molecule has 1 fully saturated rings. The molecule has 0 spiro atoms. The van der Waals surface area contributed by atoms with Gasteiger partial charge in [-0.1, -0.05) is 41.9 Å². The number of rotatable bonds is 7. The van der Waals surface area contributed by atoms with Crippen molar-refractivity contribution in [2.24, 2.45) is 0 Å². The first-order chi connectivity index (χ1) is 16.5. The fourth-order valence-electron chi connectivity index (χ4n) is 3.71. The van der Waals surface area contributed by atoms with Crippen LogP contribution in [-0.2, 0) is 0 Å². The normalized spacial score (nSPS) is 13.5. The lowest BCUT2D eigenvalue weighted by Gasteiger charge is -2.35. The number of carbonyl (C=O) groups is 2. The fraction of sp³-hybridized carbons (Fsp3) is 0.231. The minimum atomic E-state index is -0.496. The van der Waals surface area contributed by atoms with Crippen LogP contribution in [0.1, 0.15) is 20.7 Å². The maximum absolute atomic E-state index is 13.3. The van der Waals surface area contributed by atoms with Crippen LogP contribution in [0.15, 0.2) is 72.8 Å². The second-order valence-corrected chi connectivity index (χ2v) is 8.12. The average Bonchev–Trinajstić information content (AvgIpc) is 2.87. The Morgan fingerprint density at radius 1 is 0.765 bits per heavy atom. The Labute approximate surface area is 202 Å². The number of piperazine rings is 1. The third-order valence-corrected chi connectivity index (χ3v) is 5.80. The van der Waals surface area contributed by atoms with Gasteiger partial charge >= 0.3 is 0 Å². The zero-order chi connectivity index (χ0) is 23.9. The van der Waals surface area contributed by atoms with Crippen molar-refractivity contribution in [2.45, 2.75) is 0 Å². The molecule has 0 aromatic heterocycles. The van der Waals surface area contributed by atoms with E-state index in [2.05, 4.69) is 0 Å². The summed E-state index contributed by atoms with van der Waals surface area (Å²) in [6, 6.07) is 20.2. The molecule has 6 nitrogen and oxygen atoms in total. The molecule has 34 heavy (non-hydrogen) atoms. The number of nitrogens with zero attached hydrogens (tertiary/aromatic N) is 2. The molecule has 1 saturated heterocycles. The minimum absolute atomic E-state index is 0.0748. The lowest BCUT2D eigenvalue weighted by atomic mass is 10.1. The van der Waals surface area contributed by atoms with Gasteiger partial charge in [0.25, 0.3) is 11.8 Å². The van der Waals surface area contributed by atoms with E-state index in [4.69, 9.17) is 21.1 Å². The quantitative estimate of drug-likeness (QED) is 0.464. The van der Waals surface area contributed by atoms with Crippen molar-refractivity contribution in [1.29, 1.82) is 0 Å². The second-order valence-electron chi connectivity index (χ2n) is 7.71. The van der Waals surface area contributed by atoms with Crippen molar-refractivity contribution in [3.8, 4) is 11.5 Å². The van der Waals surface area contributed by atoms with Gasteiger partial charge in [-0.15, -0.1) is 0 Å². The molecule has 0 unspecified atom stereocenters. The molecular weight excluding hydrogens is 459 g/mol. The summed E-state index contributed by atoms with van der Waals surface area (Å²) in [6.07, 6.45) is 0. The van der Waals surface area contributed by atoms with Gasteiger partial charge in [0.2, 0.25) is 0 Å². The van der Waals surface area contributed by atoms with E-state index < -0.39 is 5.82 Å². The van der Waals surface area contributed by atoms with Crippen molar-refractivity contribution >= 4 is 23.4 Å². The predicted octanol–water partition coefficient (Wildman–Crippen LogP) is 4.54. The number of benzene rings is 3. The molecule has 3 aromatic rings. The molecule has 4 rings (SSSR count). The number of hydrogen-bond acceptors (Lipinski definition) is 4. The molecule has 1 aliphatic heterocycles. The molecule has 1 aliphatic rings. The summed E-state index contributed by atoms with van der Waals surface area (Å²) in [5.41, 5.74) is 0.711. The first-order valence-corrected chi connectivity index (χ1v) is 11.3. The molecule has 2 amide bonds. The van der Waals surface area contributed by atoms with Crippen LogP contribution in [0.4, 0.5) is 4.39 Å². The predicted molar refractivity (Wildman–Crippen MR) is 127 cm³/mol. The summed E-state index contributed by atoms with van der Waals surface area (Å²) in [4.78, 5) is 29.2.